The minimum absolute atomic E-state index is 0.0905. The first-order valence-corrected chi connectivity index (χ1v) is 6.25. The van der Waals surface area contributed by atoms with Gasteiger partial charge in [0.1, 0.15) is 5.69 Å². The lowest BCUT2D eigenvalue weighted by atomic mass is 9.99. The number of nitrogens with two attached hydrogens (primary N) is 1. The minimum Gasteiger partial charge on any atom is -0.321 e. The molecule has 1 aromatic rings. The van der Waals surface area contributed by atoms with Crippen LogP contribution >= 0.6 is 11.6 Å². The van der Waals surface area contributed by atoms with Crippen molar-refractivity contribution >= 4 is 17.4 Å². The summed E-state index contributed by atoms with van der Waals surface area (Å²) in [6.07, 6.45) is 2.15. The summed E-state index contributed by atoms with van der Waals surface area (Å²) in [7, 11) is 0. The van der Waals surface area contributed by atoms with Crippen molar-refractivity contribution < 1.29 is 4.79 Å². The van der Waals surface area contributed by atoms with E-state index in [9.17, 15) is 4.79 Å². The lowest BCUT2D eigenvalue weighted by molar-refractivity contribution is 0.0938. The average Bonchev–Trinajstić information content (AvgIpc) is 2.58. The fourth-order valence-corrected chi connectivity index (χ4v) is 1.98. The molecular weight excluding hydrogens is 238 g/mol. The van der Waals surface area contributed by atoms with Crippen molar-refractivity contribution in [3.05, 3.63) is 16.9 Å². The second-order valence-corrected chi connectivity index (χ2v) is 5.39. The van der Waals surface area contributed by atoms with Gasteiger partial charge >= 0.3 is 0 Å². The van der Waals surface area contributed by atoms with Crippen molar-refractivity contribution in [3.8, 4) is 0 Å². The highest BCUT2D eigenvalue weighted by Crippen LogP contribution is 2.21. The maximum Gasteiger partial charge on any atom is 0.199 e. The third kappa shape index (κ3) is 3.30. The van der Waals surface area contributed by atoms with Crippen LogP contribution in [0.2, 0.25) is 5.02 Å². The minimum atomic E-state index is -0.512. The van der Waals surface area contributed by atoms with E-state index in [1.54, 1.807) is 4.68 Å². The molecule has 1 aromatic heterocycles. The van der Waals surface area contributed by atoms with Crippen LogP contribution < -0.4 is 5.73 Å². The number of ketones is 1. The fraction of sp³-hybridized carbons (Fsp3) is 0.667. The van der Waals surface area contributed by atoms with E-state index in [0.29, 0.717) is 23.1 Å². The number of nitrogens with zero attached hydrogens (tertiary/aromatic N) is 2. The van der Waals surface area contributed by atoms with Crippen molar-refractivity contribution in [1.82, 2.24) is 9.78 Å². The van der Waals surface area contributed by atoms with Crippen LogP contribution in [0.3, 0.4) is 0 Å². The van der Waals surface area contributed by atoms with Gasteiger partial charge in [-0.05, 0) is 26.2 Å². The van der Waals surface area contributed by atoms with Gasteiger partial charge in [-0.3, -0.25) is 9.48 Å². The largest absolute Gasteiger partial charge is 0.321 e. The molecule has 0 aliphatic heterocycles. The van der Waals surface area contributed by atoms with Crippen molar-refractivity contribution in [2.24, 2.45) is 11.7 Å². The highest BCUT2D eigenvalue weighted by Gasteiger charge is 2.24. The number of rotatable bonds is 5. The standard InChI is InChI=1S/C12H20ClN3O/c1-7(2)5-10(14)12(17)11-9(13)6-15-16(11)8(3)4/h6-8,10H,5,14H2,1-4H3. The highest BCUT2D eigenvalue weighted by molar-refractivity contribution is 6.33. The molecule has 0 saturated carbocycles. The van der Waals surface area contributed by atoms with Crippen molar-refractivity contribution in [2.45, 2.75) is 46.2 Å². The number of Topliss-reactive ketones (excluding diaryl/α,β-unsaturated/α-hetero) is 1. The number of hydrogen-bond donors (Lipinski definition) is 1. The van der Waals surface area contributed by atoms with Crippen LogP contribution in [0.25, 0.3) is 0 Å². The van der Waals surface area contributed by atoms with E-state index in [4.69, 9.17) is 17.3 Å². The van der Waals surface area contributed by atoms with Crippen molar-refractivity contribution in [2.75, 3.05) is 0 Å². The Labute approximate surface area is 107 Å². The predicted molar refractivity (Wildman–Crippen MR) is 69.4 cm³/mol. The van der Waals surface area contributed by atoms with Gasteiger partial charge in [0.25, 0.3) is 0 Å². The van der Waals surface area contributed by atoms with Crippen LogP contribution in [-0.4, -0.2) is 21.6 Å². The molecule has 1 unspecified atom stereocenters. The molecule has 4 nitrogen and oxygen atoms in total. The summed E-state index contributed by atoms with van der Waals surface area (Å²) in [5, 5.41) is 4.48. The van der Waals surface area contributed by atoms with Gasteiger partial charge in [-0.25, -0.2) is 0 Å². The van der Waals surface area contributed by atoms with Gasteiger partial charge in [0.05, 0.1) is 17.3 Å². The molecule has 1 rings (SSSR count). The molecule has 0 amide bonds. The van der Waals surface area contributed by atoms with Crippen LogP contribution in [-0.2, 0) is 0 Å². The first-order chi connectivity index (χ1) is 7.84. The lowest BCUT2D eigenvalue weighted by Gasteiger charge is -2.16. The summed E-state index contributed by atoms with van der Waals surface area (Å²) < 4.78 is 1.63. The Bertz CT molecular complexity index is 398. The molecule has 96 valence electrons. The number of halogens is 1. The summed E-state index contributed by atoms with van der Waals surface area (Å²) >= 11 is 6.00. The van der Waals surface area contributed by atoms with E-state index in [1.807, 2.05) is 27.7 Å². The normalized spacial score (nSPS) is 13.4. The van der Waals surface area contributed by atoms with E-state index >= 15 is 0 Å². The maximum absolute atomic E-state index is 12.2. The van der Waals surface area contributed by atoms with E-state index in [1.165, 1.54) is 6.20 Å². The number of carbonyl (C=O) groups excluding carboxylic acids is 1. The monoisotopic (exact) mass is 257 g/mol. The summed E-state index contributed by atoms with van der Waals surface area (Å²) in [4.78, 5) is 12.2. The molecule has 0 fully saturated rings. The van der Waals surface area contributed by atoms with Gasteiger partial charge in [0.2, 0.25) is 0 Å². The van der Waals surface area contributed by atoms with Gasteiger partial charge in [-0.1, -0.05) is 25.4 Å². The first kappa shape index (κ1) is 14.2. The van der Waals surface area contributed by atoms with E-state index < -0.39 is 6.04 Å². The zero-order chi connectivity index (χ0) is 13.2. The Morgan fingerprint density at radius 1 is 1.47 bits per heavy atom. The second kappa shape index (κ2) is 5.65. The third-order valence-corrected chi connectivity index (χ3v) is 2.81. The summed E-state index contributed by atoms with van der Waals surface area (Å²) in [5.41, 5.74) is 6.32. The summed E-state index contributed by atoms with van der Waals surface area (Å²) in [5.74, 6) is 0.248. The van der Waals surface area contributed by atoms with Crippen LogP contribution in [0.4, 0.5) is 0 Å². The van der Waals surface area contributed by atoms with Gasteiger partial charge in [-0.2, -0.15) is 5.10 Å². The third-order valence-electron chi connectivity index (χ3n) is 2.54. The van der Waals surface area contributed by atoms with E-state index in [0.717, 1.165) is 0 Å². The molecule has 0 aromatic carbocycles. The van der Waals surface area contributed by atoms with Gasteiger partial charge in [-0.15, -0.1) is 0 Å². The second-order valence-electron chi connectivity index (χ2n) is 4.98. The zero-order valence-electron chi connectivity index (χ0n) is 10.8. The SMILES string of the molecule is CC(C)CC(N)C(=O)c1c(Cl)cnn1C(C)C. The predicted octanol–water partition coefficient (Wildman–Crippen LogP) is 2.67. The molecule has 0 saturated heterocycles. The van der Waals surface area contributed by atoms with Crippen molar-refractivity contribution in [1.29, 1.82) is 0 Å². The Hall–Kier alpha value is -0.870. The smallest absolute Gasteiger partial charge is 0.199 e. The maximum atomic E-state index is 12.2. The lowest BCUT2D eigenvalue weighted by Crippen LogP contribution is -2.34. The molecule has 0 bridgehead atoms. The average molecular weight is 258 g/mol. The van der Waals surface area contributed by atoms with Crippen LogP contribution in [0.1, 0.15) is 50.6 Å². The fourth-order valence-electron chi connectivity index (χ4n) is 1.75. The van der Waals surface area contributed by atoms with Gasteiger partial charge in [0.15, 0.2) is 5.78 Å². The van der Waals surface area contributed by atoms with E-state index in [2.05, 4.69) is 5.10 Å². The van der Waals surface area contributed by atoms with E-state index in [-0.39, 0.29) is 11.8 Å². The Morgan fingerprint density at radius 3 is 2.53 bits per heavy atom. The molecule has 5 heteroatoms. The molecule has 17 heavy (non-hydrogen) atoms. The molecular formula is C12H20ClN3O. The number of aromatic nitrogens is 2. The number of hydrogen-bond acceptors (Lipinski definition) is 3. The quantitative estimate of drug-likeness (QED) is 0.825. The molecule has 2 N–H and O–H groups in total. The topological polar surface area (TPSA) is 60.9 Å². The number of carbonyl (C=O) groups is 1. The Kier molecular flexibility index (Phi) is 4.71. The molecule has 0 aliphatic carbocycles. The van der Waals surface area contributed by atoms with Gasteiger partial charge < -0.3 is 5.73 Å². The molecule has 1 atom stereocenters. The first-order valence-electron chi connectivity index (χ1n) is 5.87. The summed E-state index contributed by atoms with van der Waals surface area (Å²) in [6, 6.07) is -0.422. The van der Waals surface area contributed by atoms with Crippen LogP contribution in [0, 0.1) is 5.92 Å². The van der Waals surface area contributed by atoms with Crippen LogP contribution in [0.5, 0.6) is 0 Å². The molecule has 0 radical (unpaired) electrons. The molecule has 0 spiro atoms. The van der Waals surface area contributed by atoms with Gasteiger partial charge in [0, 0.05) is 6.04 Å². The summed E-state index contributed by atoms with van der Waals surface area (Å²) in [6.45, 7) is 7.98. The molecule has 1 heterocycles. The van der Waals surface area contributed by atoms with Crippen molar-refractivity contribution in [3.63, 3.8) is 0 Å². The Morgan fingerprint density at radius 2 is 2.06 bits per heavy atom. The van der Waals surface area contributed by atoms with Crippen LogP contribution in [0.15, 0.2) is 6.20 Å². The molecule has 0 aliphatic rings. The highest BCUT2D eigenvalue weighted by atomic mass is 35.5. The Balaban J connectivity index is 2.99. The zero-order valence-corrected chi connectivity index (χ0v) is 11.5.